The van der Waals surface area contributed by atoms with Crippen molar-refractivity contribution in [2.24, 2.45) is 17.4 Å². The molecule has 0 aliphatic heterocycles. The third-order valence-corrected chi connectivity index (χ3v) is 4.33. The molecule has 11 heteroatoms. The van der Waals surface area contributed by atoms with Crippen LogP contribution in [0.25, 0.3) is 0 Å². The molecule has 11 nitrogen and oxygen atoms in total. The van der Waals surface area contributed by atoms with E-state index < -0.39 is 55.0 Å². The van der Waals surface area contributed by atoms with E-state index in [9.17, 15) is 24.3 Å². The van der Waals surface area contributed by atoms with Crippen LogP contribution in [0.5, 0.6) is 0 Å². The summed E-state index contributed by atoms with van der Waals surface area (Å²) in [6.45, 7) is 2.73. The number of carbonyl (C=O) groups excluding carboxylic acids is 3. The van der Waals surface area contributed by atoms with Gasteiger partial charge in [0.15, 0.2) is 0 Å². The zero-order valence-electron chi connectivity index (χ0n) is 16.4. The number of aliphatic hydroxyl groups is 1. The van der Waals surface area contributed by atoms with Crippen LogP contribution in [0.3, 0.4) is 0 Å². The maximum atomic E-state index is 12.4. The molecule has 0 rings (SSSR count). The quantitative estimate of drug-likeness (QED) is 0.156. The van der Waals surface area contributed by atoms with Crippen molar-refractivity contribution in [2.75, 3.05) is 19.7 Å². The Morgan fingerprint density at radius 3 is 2.18 bits per heavy atom. The van der Waals surface area contributed by atoms with Crippen LogP contribution in [0.2, 0.25) is 0 Å². The zero-order valence-corrected chi connectivity index (χ0v) is 16.4. The fourth-order valence-electron chi connectivity index (χ4n) is 2.34. The number of carbonyl (C=O) groups is 4. The van der Waals surface area contributed by atoms with Crippen molar-refractivity contribution in [2.45, 2.75) is 57.7 Å². The molecule has 0 heterocycles. The molecule has 0 aliphatic carbocycles. The van der Waals surface area contributed by atoms with E-state index in [0.717, 1.165) is 0 Å². The number of carboxylic acids is 1. The predicted octanol–water partition coefficient (Wildman–Crippen LogP) is -2.35. The van der Waals surface area contributed by atoms with Gasteiger partial charge in [-0.15, -0.1) is 0 Å². The van der Waals surface area contributed by atoms with Crippen molar-refractivity contribution in [1.82, 2.24) is 16.0 Å². The van der Waals surface area contributed by atoms with Gasteiger partial charge < -0.3 is 37.6 Å². The summed E-state index contributed by atoms with van der Waals surface area (Å²) in [6, 6.07) is -3.15. The molecule has 0 aromatic heterocycles. The first kappa shape index (κ1) is 25.8. The molecule has 162 valence electrons. The average Bonchev–Trinajstić information content (AvgIpc) is 2.67. The summed E-state index contributed by atoms with van der Waals surface area (Å²) in [6.07, 6.45) is 2.29. The van der Waals surface area contributed by atoms with Crippen molar-refractivity contribution < 1.29 is 29.4 Å². The van der Waals surface area contributed by atoms with Crippen LogP contribution in [0, 0.1) is 5.92 Å². The van der Waals surface area contributed by atoms with Crippen LogP contribution in [0.1, 0.15) is 39.5 Å². The summed E-state index contributed by atoms with van der Waals surface area (Å²) in [4.78, 5) is 47.3. The Morgan fingerprint density at radius 1 is 1.04 bits per heavy atom. The Morgan fingerprint density at radius 2 is 1.68 bits per heavy atom. The van der Waals surface area contributed by atoms with E-state index in [-0.39, 0.29) is 5.92 Å². The first-order valence-corrected chi connectivity index (χ1v) is 9.34. The molecule has 0 aromatic carbocycles. The van der Waals surface area contributed by atoms with Gasteiger partial charge in [0.25, 0.3) is 0 Å². The van der Waals surface area contributed by atoms with Gasteiger partial charge >= 0.3 is 5.97 Å². The number of rotatable bonds is 14. The molecule has 0 aliphatic rings. The van der Waals surface area contributed by atoms with Crippen LogP contribution >= 0.6 is 0 Å². The minimum Gasteiger partial charge on any atom is -0.480 e. The summed E-state index contributed by atoms with van der Waals surface area (Å²) >= 11 is 0. The van der Waals surface area contributed by atoms with Crippen LogP contribution in [-0.4, -0.2) is 71.7 Å². The third kappa shape index (κ3) is 9.62. The normalized spacial score (nSPS) is 15.0. The maximum Gasteiger partial charge on any atom is 0.322 e. The standard InChI is InChI=1S/C17H33N5O6/c1-3-10(2)14(17(28)20-8-13(24)25)22-16(27)12(9-23)21-15(26)11(19)6-4-5-7-18/h10-12,14,23H,3-9,18-19H2,1-2H3,(H,20,28)(H,21,26)(H,22,27)(H,24,25). The highest BCUT2D eigenvalue weighted by atomic mass is 16.4. The number of nitrogens with one attached hydrogen (secondary N) is 3. The summed E-state index contributed by atoms with van der Waals surface area (Å²) < 4.78 is 0. The highest BCUT2D eigenvalue weighted by Crippen LogP contribution is 2.08. The minimum absolute atomic E-state index is 0.300. The van der Waals surface area contributed by atoms with Gasteiger partial charge in [0, 0.05) is 0 Å². The van der Waals surface area contributed by atoms with Gasteiger partial charge in [-0.25, -0.2) is 0 Å². The molecular weight excluding hydrogens is 370 g/mol. The summed E-state index contributed by atoms with van der Waals surface area (Å²) in [5.74, 6) is -3.54. The molecule has 0 spiro atoms. The van der Waals surface area contributed by atoms with E-state index in [2.05, 4.69) is 16.0 Å². The Balaban J connectivity index is 4.92. The fraction of sp³-hybridized carbons (Fsp3) is 0.765. The van der Waals surface area contributed by atoms with Gasteiger partial charge in [-0.1, -0.05) is 26.7 Å². The lowest BCUT2D eigenvalue weighted by Crippen LogP contribution is -2.58. The van der Waals surface area contributed by atoms with Crippen molar-refractivity contribution in [3.8, 4) is 0 Å². The second kappa shape index (κ2) is 13.9. The lowest BCUT2D eigenvalue weighted by molar-refractivity contribution is -0.139. The average molecular weight is 403 g/mol. The van der Waals surface area contributed by atoms with Crippen LogP contribution < -0.4 is 27.4 Å². The van der Waals surface area contributed by atoms with Crippen molar-refractivity contribution in [3.05, 3.63) is 0 Å². The molecule has 0 aromatic rings. The second-order valence-corrected chi connectivity index (χ2v) is 6.62. The van der Waals surface area contributed by atoms with E-state index in [1.807, 2.05) is 0 Å². The molecule has 4 unspecified atom stereocenters. The highest BCUT2D eigenvalue weighted by Gasteiger charge is 2.30. The minimum atomic E-state index is -1.29. The Hall–Kier alpha value is -2.24. The topological polar surface area (TPSA) is 197 Å². The number of aliphatic carboxylic acids is 1. The molecule has 0 saturated carbocycles. The second-order valence-electron chi connectivity index (χ2n) is 6.62. The molecule has 0 radical (unpaired) electrons. The molecule has 28 heavy (non-hydrogen) atoms. The largest absolute Gasteiger partial charge is 0.480 e. The lowest BCUT2D eigenvalue weighted by Gasteiger charge is -2.26. The summed E-state index contributed by atoms with van der Waals surface area (Å²) in [5, 5.41) is 25.2. The van der Waals surface area contributed by atoms with E-state index in [0.29, 0.717) is 32.2 Å². The van der Waals surface area contributed by atoms with Gasteiger partial charge in [-0.2, -0.15) is 0 Å². The Kier molecular flexibility index (Phi) is 12.7. The summed E-state index contributed by atoms with van der Waals surface area (Å²) in [7, 11) is 0. The maximum absolute atomic E-state index is 12.4. The van der Waals surface area contributed by atoms with Crippen LogP contribution in [0.4, 0.5) is 0 Å². The first-order valence-electron chi connectivity index (χ1n) is 9.34. The number of aliphatic hydroxyl groups excluding tert-OH is 1. The van der Waals surface area contributed by atoms with Gasteiger partial charge in [0.1, 0.15) is 18.6 Å². The first-order chi connectivity index (χ1) is 13.2. The number of nitrogens with two attached hydrogens (primary N) is 2. The van der Waals surface area contributed by atoms with Crippen LogP contribution in [0.15, 0.2) is 0 Å². The molecule has 9 N–H and O–H groups in total. The number of hydrogen-bond acceptors (Lipinski definition) is 7. The van der Waals surface area contributed by atoms with Crippen molar-refractivity contribution >= 4 is 23.7 Å². The molecule has 4 atom stereocenters. The monoisotopic (exact) mass is 403 g/mol. The van der Waals surface area contributed by atoms with E-state index in [4.69, 9.17) is 16.6 Å². The molecule has 3 amide bonds. The fourth-order valence-corrected chi connectivity index (χ4v) is 2.34. The van der Waals surface area contributed by atoms with Gasteiger partial charge in [0.2, 0.25) is 17.7 Å². The van der Waals surface area contributed by atoms with E-state index >= 15 is 0 Å². The van der Waals surface area contributed by atoms with E-state index in [1.165, 1.54) is 0 Å². The molecule has 0 bridgehead atoms. The number of unbranched alkanes of at least 4 members (excludes halogenated alkanes) is 1. The molecule has 0 fully saturated rings. The van der Waals surface area contributed by atoms with Gasteiger partial charge in [-0.3, -0.25) is 19.2 Å². The Labute approximate surface area is 164 Å². The van der Waals surface area contributed by atoms with E-state index in [1.54, 1.807) is 13.8 Å². The number of hydrogen-bond donors (Lipinski definition) is 7. The lowest BCUT2D eigenvalue weighted by atomic mass is 9.98. The SMILES string of the molecule is CCC(C)C(NC(=O)C(CO)NC(=O)C(N)CCCCN)C(=O)NCC(=O)O. The van der Waals surface area contributed by atoms with Gasteiger partial charge in [0.05, 0.1) is 12.6 Å². The molecule has 0 saturated heterocycles. The number of carboxylic acid groups (broad SMARTS) is 1. The summed E-state index contributed by atoms with van der Waals surface area (Å²) in [5.41, 5.74) is 11.1. The van der Waals surface area contributed by atoms with Crippen LogP contribution in [-0.2, 0) is 19.2 Å². The molecular formula is C17H33N5O6. The predicted molar refractivity (Wildman–Crippen MR) is 102 cm³/mol. The third-order valence-electron chi connectivity index (χ3n) is 4.33. The van der Waals surface area contributed by atoms with Gasteiger partial charge in [-0.05, 0) is 25.3 Å². The number of amides is 3. The van der Waals surface area contributed by atoms with Crippen molar-refractivity contribution in [1.29, 1.82) is 0 Å². The Bertz CT molecular complexity index is 530. The highest BCUT2D eigenvalue weighted by molar-refractivity contribution is 5.93. The zero-order chi connectivity index (χ0) is 21.7. The smallest absolute Gasteiger partial charge is 0.322 e. The van der Waals surface area contributed by atoms with Crippen molar-refractivity contribution in [3.63, 3.8) is 0 Å².